The van der Waals surface area contributed by atoms with Crippen LogP contribution in [0.5, 0.6) is 0 Å². The summed E-state index contributed by atoms with van der Waals surface area (Å²) in [6.45, 7) is 4.15. The van der Waals surface area contributed by atoms with Crippen LogP contribution in [-0.2, 0) is 0 Å². The number of carbonyl (C=O) groups is 1. The third kappa shape index (κ3) is 3.11. The summed E-state index contributed by atoms with van der Waals surface area (Å²) in [4.78, 5) is 22.0. The van der Waals surface area contributed by atoms with Gasteiger partial charge in [0, 0.05) is 10.8 Å². The number of hydrogen-bond donors (Lipinski definition) is 1. The van der Waals surface area contributed by atoms with Gasteiger partial charge in [0.1, 0.15) is 5.69 Å². The zero-order chi connectivity index (χ0) is 18.1. The fourth-order valence-corrected chi connectivity index (χ4v) is 3.55. The Hall–Kier alpha value is -2.99. The third-order valence-corrected chi connectivity index (χ3v) is 4.84. The molecule has 6 heteroatoms. The van der Waals surface area contributed by atoms with E-state index in [1.54, 1.807) is 18.4 Å². The Morgan fingerprint density at radius 3 is 2.73 bits per heavy atom. The number of rotatable bonds is 4. The van der Waals surface area contributed by atoms with E-state index in [1.165, 1.54) is 11.3 Å². The molecule has 0 aliphatic carbocycles. The highest BCUT2D eigenvalue weighted by molar-refractivity contribution is 7.14. The zero-order valence-electron chi connectivity index (χ0n) is 14.4. The maximum absolute atomic E-state index is 12.9. The maximum atomic E-state index is 12.9. The summed E-state index contributed by atoms with van der Waals surface area (Å²) >= 11 is 1.43. The quantitative estimate of drug-likeness (QED) is 0.532. The molecule has 3 aromatic heterocycles. The second kappa shape index (κ2) is 6.72. The number of nitrogens with one attached hydrogen (secondary N) is 1. The summed E-state index contributed by atoms with van der Waals surface area (Å²) in [6.07, 6.45) is 1.59. The Bertz CT molecular complexity index is 1070. The SMILES string of the molecule is CC(C)c1csc(NC(=O)c2cc(-c3ccco3)nc3ccccc23)n1. The molecule has 0 saturated carbocycles. The number of pyridine rings is 1. The number of benzene rings is 1. The largest absolute Gasteiger partial charge is 0.463 e. The number of anilines is 1. The van der Waals surface area contributed by atoms with Crippen molar-refractivity contribution in [3.8, 4) is 11.5 Å². The molecule has 5 nitrogen and oxygen atoms in total. The van der Waals surface area contributed by atoms with Gasteiger partial charge < -0.3 is 4.42 Å². The minimum atomic E-state index is -0.207. The number of para-hydroxylation sites is 1. The molecule has 4 rings (SSSR count). The maximum Gasteiger partial charge on any atom is 0.258 e. The summed E-state index contributed by atoms with van der Waals surface area (Å²) in [5.41, 5.74) is 2.89. The smallest absolute Gasteiger partial charge is 0.258 e. The standard InChI is InChI=1S/C20H17N3O2S/c1-12(2)17-11-26-20(22-17)23-19(24)14-10-16(18-8-5-9-25-18)21-15-7-4-3-6-13(14)15/h3-12H,1-2H3,(H,22,23,24). The normalized spacial score (nSPS) is 11.2. The van der Waals surface area contributed by atoms with Crippen molar-refractivity contribution in [1.29, 1.82) is 0 Å². The molecule has 0 fully saturated rings. The fraction of sp³-hybridized carbons (Fsp3) is 0.150. The van der Waals surface area contributed by atoms with Crippen LogP contribution < -0.4 is 5.32 Å². The Labute approximate surface area is 154 Å². The molecule has 0 atom stereocenters. The predicted molar refractivity (Wildman–Crippen MR) is 104 cm³/mol. The lowest BCUT2D eigenvalue weighted by molar-refractivity contribution is 0.102. The Morgan fingerprint density at radius 2 is 2.00 bits per heavy atom. The van der Waals surface area contributed by atoms with Crippen LogP contribution in [0, 0.1) is 0 Å². The first-order valence-electron chi connectivity index (χ1n) is 8.32. The van der Waals surface area contributed by atoms with E-state index in [0.29, 0.717) is 28.1 Å². The van der Waals surface area contributed by atoms with Gasteiger partial charge >= 0.3 is 0 Å². The van der Waals surface area contributed by atoms with Crippen LogP contribution in [0.25, 0.3) is 22.4 Å². The van der Waals surface area contributed by atoms with Crippen molar-refractivity contribution in [3.63, 3.8) is 0 Å². The van der Waals surface area contributed by atoms with Crippen molar-refractivity contribution < 1.29 is 9.21 Å². The van der Waals surface area contributed by atoms with Gasteiger partial charge in [-0.2, -0.15) is 0 Å². The van der Waals surface area contributed by atoms with Crippen LogP contribution in [0.2, 0.25) is 0 Å². The lowest BCUT2D eigenvalue weighted by atomic mass is 10.1. The lowest BCUT2D eigenvalue weighted by Gasteiger charge is -2.08. The highest BCUT2D eigenvalue weighted by Crippen LogP contribution is 2.27. The van der Waals surface area contributed by atoms with Gasteiger partial charge in [-0.25, -0.2) is 9.97 Å². The van der Waals surface area contributed by atoms with Gasteiger partial charge in [-0.15, -0.1) is 11.3 Å². The van der Waals surface area contributed by atoms with E-state index in [4.69, 9.17) is 4.42 Å². The first kappa shape index (κ1) is 16.5. The highest BCUT2D eigenvalue weighted by Gasteiger charge is 2.16. The van der Waals surface area contributed by atoms with Crippen molar-refractivity contribution in [2.45, 2.75) is 19.8 Å². The summed E-state index contributed by atoms with van der Waals surface area (Å²) in [5.74, 6) is 0.742. The summed E-state index contributed by atoms with van der Waals surface area (Å²) in [5, 5.41) is 6.27. The van der Waals surface area contributed by atoms with Crippen molar-refractivity contribution in [1.82, 2.24) is 9.97 Å². The first-order chi connectivity index (χ1) is 12.6. The van der Waals surface area contributed by atoms with E-state index in [1.807, 2.05) is 35.7 Å². The van der Waals surface area contributed by atoms with E-state index in [2.05, 4.69) is 29.1 Å². The molecule has 0 aliphatic heterocycles. The van der Waals surface area contributed by atoms with Gasteiger partial charge in [-0.05, 0) is 30.2 Å². The van der Waals surface area contributed by atoms with Crippen LogP contribution >= 0.6 is 11.3 Å². The minimum absolute atomic E-state index is 0.207. The Balaban J connectivity index is 1.75. The molecule has 1 N–H and O–H groups in total. The van der Waals surface area contributed by atoms with E-state index in [0.717, 1.165) is 16.6 Å². The molecule has 3 heterocycles. The zero-order valence-corrected chi connectivity index (χ0v) is 15.2. The van der Waals surface area contributed by atoms with Crippen LogP contribution in [0.3, 0.4) is 0 Å². The Kier molecular flexibility index (Phi) is 4.26. The molecular weight excluding hydrogens is 346 g/mol. The van der Waals surface area contributed by atoms with E-state index in [9.17, 15) is 4.79 Å². The molecule has 0 radical (unpaired) electrons. The molecule has 4 aromatic rings. The van der Waals surface area contributed by atoms with E-state index >= 15 is 0 Å². The van der Waals surface area contributed by atoms with E-state index < -0.39 is 0 Å². The molecular formula is C20H17N3O2S. The van der Waals surface area contributed by atoms with Crippen LogP contribution in [0.1, 0.15) is 35.8 Å². The number of furan rings is 1. The number of thiazole rings is 1. The molecule has 0 aliphatic rings. The molecule has 0 unspecified atom stereocenters. The van der Waals surface area contributed by atoms with Gasteiger partial charge in [0.05, 0.1) is 23.0 Å². The van der Waals surface area contributed by atoms with Gasteiger partial charge in [0.2, 0.25) is 0 Å². The number of carbonyl (C=O) groups excluding carboxylic acids is 1. The second-order valence-corrected chi connectivity index (χ2v) is 7.09. The van der Waals surface area contributed by atoms with Crippen molar-refractivity contribution in [3.05, 3.63) is 65.4 Å². The second-order valence-electron chi connectivity index (χ2n) is 6.24. The number of amides is 1. The van der Waals surface area contributed by atoms with Gasteiger partial charge in [-0.1, -0.05) is 32.0 Å². The van der Waals surface area contributed by atoms with Crippen molar-refractivity contribution in [2.24, 2.45) is 0 Å². The summed E-state index contributed by atoms with van der Waals surface area (Å²) in [6, 6.07) is 13.0. The molecule has 0 saturated heterocycles. The van der Waals surface area contributed by atoms with Crippen LogP contribution in [-0.4, -0.2) is 15.9 Å². The first-order valence-corrected chi connectivity index (χ1v) is 9.20. The van der Waals surface area contributed by atoms with Crippen molar-refractivity contribution in [2.75, 3.05) is 5.32 Å². The predicted octanol–water partition coefficient (Wildman–Crippen LogP) is 5.33. The van der Waals surface area contributed by atoms with Crippen molar-refractivity contribution >= 4 is 33.3 Å². The van der Waals surface area contributed by atoms with Crippen LogP contribution in [0.4, 0.5) is 5.13 Å². The molecule has 26 heavy (non-hydrogen) atoms. The summed E-state index contributed by atoms with van der Waals surface area (Å²) < 4.78 is 5.45. The van der Waals surface area contributed by atoms with Gasteiger partial charge in [0.15, 0.2) is 10.9 Å². The molecule has 130 valence electrons. The van der Waals surface area contributed by atoms with E-state index in [-0.39, 0.29) is 5.91 Å². The number of hydrogen-bond acceptors (Lipinski definition) is 5. The van der Waals surface area contributed by atoms with Gasteiger partial charge in [-0.3, -0.25) is 10.1 Å². The topological polar surface area (TPSA) is 68.0 Å². The molecule has 0 bridgehead atoms. The lowest BCUT2D eigenvalue weighted by Crippen LogP contribution is -2.13. The molecule has 1 amide bonds. The number of nitrogens with zero attached hydrogens (tertiary/aromatic N) is 2. The highest BCUT2D eigenvalue weighted by atomic mass is 32.1. The number of fused-ring (bicyclic) bond motifs is 1. The fourth-order valence-electron chi connectivity index (χ4n) is 2.69. The average molecular weight is 363 g/mol. The van der Waals surface area contributed by atoms with Gasteiger partial charge in [0.25, 0.3) is 5.91 Å². The minimum Gasteiger partial charge on any atom is -0.463 e. The molecule has 0 spiro atoms. The summed E-state index contributed by atoms with van der Waals surface area (Å²) in [7, 11) is 0. The molecule has 1 aromatic carbocycles. The Morgan fingerprint density at radius 1 is 1.15 bits per heavy atom. The van der Waals surface area contributed by atoms with Crippen LogP contribution in [0.15, 0.2) is 58.5 Å². The monoisotopic (exact) mass is 363 g/mol. The average Bonchev–Trinajstić information content (AvgIpc) is 3.32. The third-order valence-electron chi connectivity index (χ3n) is 4.07. The number of aromatic nitrogens is 2.